The number of piperazine rings is 1. The van der Waals surface area contributed by atoms with Crippen LogP contribution in [0.1, 0.15) is 57.5 Å². The second kappa shape index (κ2) is 9.38. The zero-order chi connectivity index (χ0) is 26.6. The first-order valence-corrected chi connectivity index (χ1v) is 14.1. The summed E-state index contributed by atoms with van der Waals surface area (Å²) in [5.41, 5.74) is 4.73. The van der Waals surface area contributed by atoms with Gasteiger partial charge in [-0.3, -0.25) is 9.88 Å². The number of allylic oxidation sites excluding steroid dienone is 1. The second-order valence-electron chi connectivity index (χ2n) is 11.1. The van der Waals surface area contributed by atoms with E-state index in [0.29, 0.717) is 19.6 Å². The van der Waals surface area contributed by atoms with Crippen LogP contribution in [0.3, 0.4) is 0 Å². The average molecular weight is 518 g/mol. The van der Waals surface area contributed by atoms with Crippen molar-refractivity contribution in [3.05, 3.63) is 47.2 Å². The Labute approximate surface area is 224 Å². The molecule has 0 radical (unpaired) electrons. The topological polar surface area (TPSA) is 74.2 Å². The number of amidine groups is 1. The van der Waals surface area contributed by atoms with Crippen LogP contribution >= 0.6 is 11.8 Å². The lowest BCUT2D eigenvalue weighted by atomic mass is 9.91. The number of nitrogens with zero attached hydrogens (tertiary/aromatic N) is 6. The molecule has 5 rings (SSSR count). The number of aliphatic imine (C=N–C) groups is 1. The third kappa shape index (κ3) is 4.60. The molecule has 3 aliphatic heterocycles. The molecule has 194 valence electrons. The maximum absolute atomic E-state index is 12.7. The third-order valence-corrected chi connectivity index (χ3v) is 7.86. The molecule has 0 aliphatic carbocycles. The summed E-state index contributed by atoms with van der Waals surface area (Å²) < 4.78 is 5.63. The summed E-state index contributed by atoms with van der Waals surface area (Å²) in [5.74, 6) is 2.81. The number of carbonyl (C=O) groups excluding carboxylic acids is 1. The van der Waals surface area contributed by atoms with Crippen molar-refractivity contribution in [2.45, 2.75) is 64.0 Å². The Kier molecular flexibility index (Phi) is 6.50. The van der Waals surface area contributed by atoms with Crippen LogP contribution < -0.4 is 10.4 Å². The molecule has 0 N–H and O–H groups in total. The van der Waals surface area contributed by atoms with Crippen molar-refractivity contribution in [1.29, 1.82) is 0 Å². The fourth-order valence-corrected chi connectivity index (χ4v) is 5.73. The third-order valence-electron chi connectivity index (χ3n) is 7.09. The standard InChI is InChI=1S/C27H35BN6O2S/c1-15-12-21-31-24(33-11-10-32(14-16(33)2)26(35)36-27(4,5)6)18-13-19(28)17(3)30-25(18)34(21)23-20(37-7)8-9-29-22(15)23/h8-9,12-13,15-16H,10-11,14,28H2,1-7H3. The van der Waals surface area contributed by atoms with Gasteiger partial charge in [0.2, 0.25) is 0 Å². The normalized spacial score (nSPS) is 21.0. The number of aromatic nitrogens is 2. The van der Waals surface area contributed by atoms with Gasteiger partial charge in [-0.05, 0) is 53.0 Å². The summed E-state index contributed by atoms with van der Waals surface area (Å²) in [4.78, 5) is 35.3. The molecule has 0 bridgehead atoms. The van der Waals surface area contributed by atoms with Crippen LogP contribution in [0.2, 0.25) is 0 Å². The number of pyridine rings is 2. The number of amides is 1. The number of ether oxygens (including phenoxy) is 1. The van der Waals surface area contributed by atoms with Crippen molar-refractivity contribution in [1.82, 2.24) is 19.8 Å². The molecular formula is C27H35BN6O2S. The Bertz CT molecular complexity index is 1320. The van der Waals surface area contributed by atoms with Gasteiger partial charge in [0.25, 0.3) is 0 Å². The Morgan fingerprint density at radius 2 is 2.00 bits per heavy atom. The van der Waals surface area contributed by atoms with E-state index in [4.69, 9.17) is 19.7 Å². The minimum Gasteiger partial charge on any atom is -0.444 e. The molecule has 3 aliphatic rings. The maximum atomic E-state index is 12.7. The zero-order valence-electron chi connectivity index (χ0n) is 23.0. The van der Waals surface area contributed by atoms with Gasteiger partial charge in [0, 0.05) is 48.4 Å². The van der Waals surface area contributed by atoms with Crippen LogP contribution in [0.5, 0.6) is 0 Å². The SMILES string of the molecule is Bc1cc2c(nc1C)N1C(=CC(C)c3nccc(SC)c31)N=C2N1CCN(C(=O)OC(C)(C)C)CC1C. The van der Waals surface area contributed by atoms with Crippen LogP contribution in [-0.4, -0.2) is 77.1 Å². The van der Waals surface area contributed by atoms with E-state index in [0.717, 1.165) is 50.5 Å². The molecule has 37 heavy (non-hydrogen) atoms. The van der Waals surface area contributed by atoms with Crippen LogP contribution in [0.4, 0.5) is 16.3 Å². The number of carbonyl (C=O) groups is 1. The Morgan fingerprint density at radius 1 is 1.24 bits per heavy atom. The molecule has 2 aromatic heterocycles. The first kappa shape index (κ1) is 25.6. The molecule has 0 aromatic carbocycles. The lowest BCUT2D eigenvalue weighted by Gasteiger charge is -2.44. The number of anilines is 2. The van der Waals surface area contributed by atoms with Gasteiger partial charge in [-0.25, -0.2) is 14.8 Å². The number of fused-ring (bicyclic) bond motifs is 5. The molecule has 10 heteroatoms. The lowest BCUT2D eigenvalue weighted by Crippen LogP contribution is -2.57. The fraction of sp³-hybridized carbons (Fsp3) is 0.481. The van der Waals surface area contributed by atoms with E-state index in [-0.39, 0.29) is 18.1 Å². The molecular weight excluding hydrogens is 483 g/mol. The summed E-state index contributed by atoms with van der Waals surface area (Å²) in [6, 6.07) is 4.34. The van der Waals surface area contributed by atoms with E-state index < -0.39 is 5.60 Å². The van der Waals surface area contributed by atoms with Gasteiger partial charge in [-0.2, -0.15) is 0 Å². The van der Waals surface area contributed by atoms with E-state index in [2.05, 4.69) is 62.9 Å². The molecule has 2 aromatic rings. The Balaban J connectivity index is 1.56. The summed E-state index contributed by atoms with van der Waals surface area (Å²) >= 11 is 1.71. The van der Waals surface area contributed by atoms with Crippen LogP contribution in [-0.2, 0) is 4.74 Å². The maximum Gasteiger partial charge on any atom is 0.410 e. The van der Waals surface area contributed by atoms with Gasteiger partial charge in [0.05, 0.1) is 16.9 Å². The Hall–Kier alpha value is -3.01. The van der Waals surface area contributed by atoms with Gasteiger partial charge in [0.1, 0.15) is 30.9 Å². The molecule has 1 fully saturated rings. The van der Waals surface area contributed by atoms with Gasteiger partial charge in [-0.15, -0.1) is 11.8 Å². The van der Waals surface area contributed by atoms with Crippen molar-refractivity contribution in [3.8, 4) is 0 Å². The largest absolute Gasteiger partial charge is 0.444 e. The van der Waals surface area contributed by atoms with Crippen LogP contribution in [0.15, 0.2) is 40.1 Å². The highest BCUT2D eigenvalue weighted by atomic mass is 32.2. The number of hydrogen-bond acceptors (Lipinski definition) is 8. The molecule has 0 spiro atoms. The van der Waals surface area contributed by atoms with Crippen molar-refractivity contribution in [2.75, 3.05) is 30.8 Å². The van der Waals surface area contributed by atoms with Crippen molar-refractivity contribution >= 4 is 48.5 Å². The minimum atomic E-state index is -0.515. The number of aryl methyl sites for hydroxylation is 1. The quantitative estimate of drug-likeness (QED) is 0.422. The highest BCUT2D eigenvalue weighted by molar-refractivity contribution is 7.98. The monoisotopic (exact) mass is 518 g/mol. The highest BCUT2D eigenvalue weighted by Gasteiger charge is 2.39. The number of rotatable bonds is 1. The van der Waals surface area contributed by atoms with Crippen LogP contribution in [0, 0.1) is 6.92 Å². The van der Waals surface area contributed by atoms with Crippen molar-refractivity contribution in [3.63, 3.8) is 0 Å². The second-order valence-corrected chi connectivity index (χ2v) is 11.9. The summed E-state index contributed by atoms with van der Waals surface area (Å²) in [6.07, 6.45) is 5.90. The van der Waals surface area contributed by atoms with Gasteiger partial charge in [0.15, 0.2) is 0 Å². The highest BCUT2D eigenvalue weighted by Crippen LogP contribution is 2.47. The van der Waals surface area contributed by atoms with Crippen molar-refractivity contribution < 1.29 is 9.53 Å². The molecule has 8 nitrogen and oxygen atoms in total. The Morgan fingerprint density at radius 3 is 2.68 bits per heavy atom. The zero-order valence-corrected chi connectivity index (χ0v) is 23.8. The molecule has 1 amide bonds. The predicted molar refractivity (Wildman–Crippen MR) is 152 cm³/mol. The van der Waals surface area contributed by atoms with E-state index in [9.17, 15) is 4.79 Å². The lowest BCUT2D eigenvalue weighted by molar-refractivity contribution is 0.0134. The summed E-state index contributed by atoms with van der Waals surface area (Å²) in [6.45, 7) is 13.9. The average Bonchev–Trinajstić information content (AvgIpc) is 2.83. The molecule has 2 atom stereocenters. The smallest absolute Gasteiger partial charge is 0.410 e. The van der Waals surface area contributed by atoms with E-state index in [1.54, 1.807) is 16.7 Å². The van der Waals surface area contributed by atoms with E-state index in [1.807, 2.05) is 27.0 Å². The van der Waals surface area contributed by atoms with Gasteiger partial charge in [-0.1, -0.05) is 18.5 Å². The number of hydrogen-bond donors (Lipinski definition) is 0. The molecule has 1 saturated heterocycles. The molecule has 5 heterocycles. The molecule has 2 unspecified atom stereocenters. The summed E-state index contributed by atoms with van der Waals surface area (Å²) in [7, 11) is 2.09. The molecule has 0 saturated carbocycles. The first-order chi connectivity index (χ1) is 17.5. The first-order valence-electron chi connectivity index (χ1n) is 12.8. The van der Waals surface area contributed by atoms with E-state index >= 15 is 0 Å². The predicted octanol–water partition coefficient (Wildman–Crippen LogP) is 3.56. The van der Waals surface area contributed by atoms with Gasteiger partial charge < -0.3 is 14.5 Å². The van der Waals surface area contributed by atoms with Crippen LogP contribution in [0.25, 0.3) is 0 Å². The number of thioether (sulfide) groups is 1. The van der Waals surface area contributed by atoms with Gasteiger partial charge >= 0.3 is 6.09 Å². The van der Waals surface area contributed by atoms with E-state index in [1.165, 1.54) is 0 Å². The minimum absolute atomic E-state index is 0.0679. The van der Waals surface area contributed by atoms with Crippen molar-refractivity contribution in [2.24, 2.45) is 4.99 Å². The summed E-state index contributed by atoms with van der Waals surface area (Å²) in [5, 5.41) is 0. The fourth-order valence-electron chi connectivity index (χ4n) is 5.15.